The number of ether oxygens (including phenoxy) is 1. The maximum Gasteiger partial charge on any atom is 1.00 e. The summed E-state index contributed by atoms with van der Waals surface area (Å²) < 4.78 is 7.30. The van der Waals surface area contributed by atoms with Crippen molar-refractivity contribution in [2.24, 2.45) is 0 Å². The second-order valence-electron chi connectivity index (χ2n) is 7.16. The largest absolute Gasteiger partial charge is 1.00 e. The molecule has 0 bridgehead atoms. The summed E-state index contributed by atoms with van der Waals surface area (Å²) in [5.41, 5.74) is 6.88. The van der Waals surface area contributed by atoms with Gasteiger partial charge < -0.3 is 15.8 Å². The number of methoxy groups -OCH3 is 1. The molecular formula is C23H23N2NaO3. The maximum atomic E-state index is 11.5. The van der Waals surface area contributed by atoms with Gasteiger partial charge in [-0.15, -0.1) is 0 Å². The van der Waals surface area contributed by atoms with Gasteiger partial charge in [-0.2, -0.15) is 0 Å². The molecule has 0 radical (unpaired) electrons. The first kappa shape index (κ1) is 21.4. The quantitative estimate of drug-likeness (QED) is 0.534. The van der Waals surface area contributed by atoms with Crippen molar-refractivity contribution in [3.8, 4) is 16.9 Å². The average Bonchev–Trinajstić information content (AvgIpc) is 2.91. The van der Waals surface area contributed by atoms with E-state index in [9.17, 15) is 9.90 Å². The Kier molecular flexibility index (Phi) is 6.03. The van der Waals surface area contributed by atoms with Crippen LogP contribution in [0.5, 0.6) is 5.75 Å². The molecule has 29 heavy (non-hydrogen) atoms. The predicted octanol–water partition coefficient (Wildman–Crippen LogP) is 1.99. The van der Waals surface area contributed by atoms with E-state index in [0.717, 1.165) is 55.6 Å². The molecule has 4 aromatic rings. The molecule has 6 heteroatoms. The van der Waals surface area contributed by atoms with E-state index < -0.39 is 5.97 Å². The van der Waals surface area contributed by atoms with Gasteiger partial charge in [-0.3, -0.25) is 9.78 Å². The van der Waals surface area contributed by atoms with Crippen molar-refractivity contribution in [1.29, 1.82) is 0 Å². The van der Waals surface area contributed by atoms with Crippen LogP contribution in [0, 0.1) is 20.8 Å². The number of hydrogen-bond acceptors (Lipinski definition) is 3. The van der Waals surface area contributed by atoms with Crippen LogP contribution in [0.2, 0.25) is 0 Å². The Labute approximate surface area is 193 Å². The molecule has 2 heterocycles. The van der Waals surface area contributed by atoms with Crippen LogP contribution >= 0.6 is 0 Å². The first-order chi connectivity index (χ1) is 13.4. The number of aliphatic carboxylic acids is 1. The van der Waals surface area contributed by atoms with E-state index in [-0.39, 0.29) is 37.5 Å². The van der Waals surface area contributed by atoms with Gasteiger partial charge in [-0.05, 0) is 62.7 Å². The first-order valence-corrected chi connectivity index (χ1v) is 9.16. The van der Waals surface area contributed by atoms with Crippen molar-refractivity contribution in [3.63, 3.8) is 0 Å². The average molecular weight is 398 g/mol. The second kappa shape index (κ2) is 8.19. The van der Waals surface area contributed by atoms with Crippen LogP contribution in [0.15, 0.2) is 42.5 Å². The number of carbonyl (C=O) groups is 1. The number of aromatic nitrogens is 2. The summed E-state index contributed by atoms with van der Waals surface area (Å²) in [5, 5.41) is 11.5. The fraction of sp³-hybridized carbons (Fsp3) is 0.217. The van der Waals surface area contributed by atoms with Gasteiger partial charge in [-0.1, -0.05) is 11.6 Å². The summed E-state index contributed by atoms with van der Waals surface area (Å²) in [7, 11) is 1.65. The zero-order valence-electron chi connectivity index (χ0n) is 18.4. The monoisotopic (exact) mass is 398 g/mol. The van der Waals surface area contributed by atoms with Crippen LogP contribution < -0.4 is 34.3 Å². The summed E-state index contributed by atoms with van der Waals surface area (Å²) in [4.78, 5) is 16.1. The van der Waals surface area contributed by atoms with Gasteiger partial charge >= 0.3 is 35.5 Å². The molecule has 4 rings (SSSR count). The number of carboxylic acids is 1. The van der Waals surface area contributed by atoms with Gasteiger partial charge in [-0.25, -0.2) is 0 Å². The van der Waals surface area contributed by atoms with E-state index >= 15 is 0 Å². The minimum absolute atomic E-state index is 0. The van der Waals surface area contributed by atoms with Crippen LogP contribution in [-0.2, 0) is 11.3 Å². The molecule has 0 saturated carbocycles. The van der Waals surface area contributed by atoms with E-state index in [0.29, 0.717) is 0 Å². The van der Waals surface area contributed by atoms with Crippen molar-refractivity contribution >= 4 is 27.8 Å². The third-order valence-electron chi connectivity index (χ3n) is 5.19. The van der Waals surface area contributed by atoms with Gasteiger partial charge in [0.2, 0.25) is 0 Å². The molecule has 0 saturated heterocycles. The molecule has 2 aromatic carbocycles. The van der Waals surface area contributed by atoms with Crippen molar-refractivity contribution in [2.45, 2.75) is 27.3 Å². The minimum Gasteiger partial charge on any atom is -1.00 e. The Morgan fingerprint density at radius 3 is 2.55 bits per heavy atom. The summed E-state index contributed by atoms with van der Waals surface area (Å²) >= 11 is 0. The third-order valence-corrected chi connectivity index (χ3v) is 5.19. The van der Waals surface area contributed by atoms with Crippen LogP contribution in [-0.4, -0.2) is 27.7 Å². The molecule has 144 valence electrons. The number of pyridine rings is 1. The van der Waals surface area contributed by atoms with Crippen LogP contribution in [0.3, 0.4) is 0 Å². The first-order valence-electron chi connectivity index (χ1n) is 9.16. The molecular weight excluding hydrogens is 375 g/mol. The van der Waals surface area contributed by atoms with E-state index in [1.165, 1.54) is 0 Å². The molecule has 5 nitrogen and oxygen atoms in total. The molecule has 0 spiro atoms. The maximum absolute atomic E-state index is 11.5. The van der Waals surface area contributed by atoms with Gasteiger partial charge in [0.15, 0.2) is 0 Å². The number of rotatable bonds is 4. The van der Waals surface area contributed by atoms with Crippen molar-refractivity contribution in [2.75, 3.05) is 7.11 Å². The smallest absolute Gasteiger partial charge is 1.00 e. The Morgan fingerprint density at radius 1 is 1.10 bits per heavy atom. The van der Waals surface area contributed by atoms with E-state index in [1.54, 1.807) is 7.11 Å². The number of benzene rings is 2. The molecule has 0 atom stereocenters. The molecule has 0 aliphatic heterocycles. The summed E-state index contributed by atoms with van der Waals surface area (Å²) in [5.74, 6) is -0.0907. The van der Waals surface area contributed by atoms with Crippen molar-refractivity contribution < 1.29 is 45.6 Å². The van der Waals surface area contributed by atoms with E-state index in [4.69, 9.17) is 4.74 Å². The van der Waals surface area contributed by atoms with Gasteiger partial charge in [0, 0.05) is 33.2 Å². The molecule has 0 amide bonds. The van der Waals surface area contributed by atoms with Gasteiger partial charge in [0.25, 0.3) is 0 Å². The predicted molar refractivity (Wildman–Crippen MR) is 112 cm³/mol. The summed E-state index contributed by atoms with van der Waals surface area (Å²) in [6.45, 7) is 5.93. The van der Waals surface area contributed by atoms with Crippen molar-refractivity contribution in [1.82, 2.24) is 9.55 Å². The molecule has 0 aliphatic rings. The molecule has 1 N–H and O–H groups in total. The van der Waals surface area contributed by atoms with Gasteiger partial charge in [0.1, 0.15) is 12.3 Å². The number of hydrogen-bond donors (Lipinski definition) is 1. The fourth-order valence-corrected chi connectivity index (χ4v) is 3.95. The summed E-state index contributed by atoms with van der Waals surface area (Å²) in [6, 6.07) is 14.1. The van der Waals surface area contributed by atoms with Gasteiger partial charge in [0.05, 0.1) is 12.6 Å². The van der Waals surface area contributed by atoms with E-state index in [2.05, 4.69) is 17.1 Å². The minimum atomic E-state index is -0.857. The number of nitrogens with zero attached hydrogens (tertiary/aromatic N) is 2. The zero-order chi connectivity index (χ0) is 20.0. The number of aryl methyl sites for hydroxylation is 2. The Balaban J connectivity index is 0.00000160. The third kappa shape index (κ3) is 3.78. The second-order valence-corrected chi connectivity index (χ2v) is 7.16. The standard InChI is InChI=1S/C23H22N2O3.Na.H/c1-13-5-8-21-19(9-13)23(15(3)25(21)12-22(26)27)18-10-14(2)24-20-7-6-16(28-4)11-17(18)20;;/h5-11H,12H2,1-4H3,(H,26,27);;/q;+1;-1. The Hall–Kier alpha value is -2.34. The molecule has 2 aromatic heterocycles. The normalized spacial score (nSPS) is 10.9. The Bertz CT molecular complexity index is 1250. The van der Waals surface area contributed by atoms with Crippen LogP contribution in [0.1, 0.15) is 18.4 Å². The number of carboxylic acid groups (broad SMARTS) is 1. The number of fused-ring (bicyclic) bond motifs is 2. The SMILES string of the molecule is COc1ccc2nc(C)cc(-c3c(C)n(CC(=O)O)c4ccc(C)cc34)c2c1.[H-].[Na+]. The molecule has 0 fully saturated rings. The fourth-order valence-electron chi connectivity index (χ4n) is 3.95. The summed E-state index contributed by atoms with van der Waals surface area (Å²) in [6.07, 6.45) is 0. The zero-order valence-corrected chi connectivity index (χ0v) is 19.4. The Morgan fingerprint density at radius 2 is 1.86 bits per heavy atom. The van der Waals surface area contributed by atoms with E-state index in [1.807, 2.05) is 55.7 Å². The molecule has 0 aliphatic carbocycles. The van der Waals surface area contributed by atoms with Crippen LogP contribution in [0.25, 0.3) is 32.9 Å². The topological polar surface area (TPSA) is 64.4 Å². The molecule has 0 unspecified atom stereocenters. The van der Waals surface area contributed by atoms with Crippen LogP contribution in [0.4, 0.5) is 0 Å². The van der Waals surface area contributed by atoms with Crippen molar-refractivity contribution in [3.05, 3.63) is 59.4 Å².